The maximum atomic E-state index is 12.4. The van der Waals surface area contributed by atoms with Gasteiger partial charge in [0.05, 0.1) is 11.4 Å². The Kier molecular flexibility index (Phi) is 6.37. The number of fused-ring (bicyclic) bond motifs is 1. The van der Waals surface area contributed by atoms with Crippen molar-refractivity contribution in [2.75, 3.05) is 5.32 Å². The van der Waals surface area contributed by atoms with E-state index in [-0.39, 0.29) is 5.43 Å². The lowest BCUT2D eigenvalue weighted by Crippen LogP contribution is -2.43. The summed E-state index contributed by atoms with van der Waals surface area (Å²) in [5, 5.41) is 7.99. The summed E-state index contributed by atoms with van der Waals surface area (Å²) in [6.07, 6.45) is 5.00. The Balaban J connectivity index is 0.00000100. The number of nitrogens with zero attached hydrogens (tertiary/aromatic N) is 1. The Labute approximate surface area is 147 Å². The number of nitrogens with one attached hydrogen (secondary N) is 2. The van der Waals surface area contributed by atoms with Crippen molar-refractivity contribution < 1.29 is 0 Å². The minimum atomic E-state index is 0.0840. The Morgan fingerprint density at radius 1 is 1.38 bits per heavy atom. The van der Waals surface area contributed by atoms with Crippen molar-refractivity contribution >= 4 is 28.1 Å². The molecule has 4 nitrogen and oxygen atoms in total. The van der Waals surface area contributed by atoms with Gasteiger partial charge in [-0.3, -0.25) is 4.79 Å². The first kappa shape index (κ1) is 18.5. The van der Waals surface area contributed by atoms with Gasteiger partial charge >= 0.3 is 0 Å². The van der Waals surface area contributed by atoms with Crippen LogP contribution >= 0.6 is 11.3 Å². The smallest absolute Gasteiger partial charge is 0.189 e. The molecule has 0 amide bonds. The van der Waals surface area contributed by atoms with Crippen LogP contribution in [0.3, 0.4) is 0 Å². The molecule has 2 heterocycles. The van der Waals surface area contributed by atoms with Crippen molar-refractivity contribution in [2.45, 2.75) is 59.9 Å². The van der Waals surface area contributed by atoms with Gasteiger partial charge in [0.25, 0.3) is 0 Å². The molecule has 130 valence electrons. The van der Waals surface area contributed by atoms with Crippen molar-refractivity contribution in [1.82, 2.24) is 9.97 Å². The molecule has 0 bridgehead atoms. The average Bonchev–Trinajstić information content (AvgIpc) is 3.04. The van der Waals surface area contributed by atoms with Crippen molar-refractivity contribution in [3.63, 3.8) is 0 Å². The molecule has 0 aromatic carbocycles. The summed E-state index contributed by atoms with van der Waals surface area (Å²) in [5.74, 6) is 0. The van der Waals surface area contributed by atoms with Crippen molar-refractivity contribution in [2.24, 2.45) is 0 Å². The molecule has 0 saturated heterocycles. The molecule has 0 atom stereocenters. The third-order valence-electron chi connectivity index (χ3n) is 3.84. The third-order valence-corrected chi connectivity index (χ3v) is 4.61. The molecule has 2 aromatic rings. The highest BCUT2D eigenvalue weighted by molar-refractivity contribution is 7.14. The van der Waals surface area contributed by atoms with Gasteiger partial charge in [0, 0.05) is 28.1 Å². The van der Waals surface area contributed by atoms with Crippen molar-refractivity contribution in [3.8, 4) is 11.4 Å². The van der Waals surface area contributed by atoms with Crippen LogP contribution in [0.15, 0.2) is 16.2 Å². The summed E-state index contributed by atoms with van der Waals surface area (Å²) in [5.41, 5.74) is 3.04. The van der Waals surface area contributed by atoms with E-state index in [0.29, 0.717) is 6.04 Å². The highest BCUT2D eigenvalue weighted by Gasteiger charge is 2.11. The van der Waals surface area contributed by atoms with Gasteiger partial charge < -0.3 is 10.3 Å². The van der Waals surface area contributed by atoms with Crippen molar-refractivity contribution in [1.29, 1.82) is 0 Å². The number of H-pyrrole nitrogens is 1. The maximum absolute atomic E-state index is 12.4. The Bertz CT molecular complexity index is 861. The van der Waals surface area contributed by atoms with Gasteiger partial charge in [-0.15, -0.1) is 11.3 Å². The molecule has 1 aliphatic rings. The number of hydrogen-bond donors (Lipinski definition) is 2. The number of aromatic amines is 1. The van der Waals surface area contributed by atoms with E-state index in [1.165, 1.54) is 5.57 Å². The van der Waals surface area contributed by atoms with Crippen LogP contribution in [0, 0.1) is 0 Å². The minimum absolute atomic E-state index is 0.0840. The van der Waals surface area contributed by atoms with Crippen LogP contribution < -0.4 is 21.3 Å². The fraction of sp³-hybridized carbons (Fsp3) is 0.474. The van der Waals surface area contributed by atoms with E-state index < -0.39 is 0 Å². The quantitative estimate of drug-likeness (QED) is 0.892. The third kappa shape index (κ3) is 3.96. The largest absolute Gasteiger partial charge is 0.359 e. The molecule has 1 aliphatic carbocycles. The number of thiazole rings is 1. The molecule has 3 rings (SSSR count). The highest BCUT2D eigenvalue weighted by Crippen LogP contribution is 2.22. The highest BCUT2D eigenvalue weighted by atomic mass is 32.1. The van der Waals surface area contributed by atoms with Gasteiger partial charge in [-0.1, -0.05) is 26.8 Å². The standard InChI is InChI=1S/C17H21N3OS.C2H6/c1-4-11-6-5-7-12-15(21)8-13(19-16(11)12)14-9-22-17(20-14)18-10(2)3;1-2/h7-10,19H,4-6H2,1-3H3,(H,18,20);1-2H3. The Morgan fingerprint density at radius 3 is 2.79 bits per heavy atom. The van der Waals surface area contributed by atoms with Crippen LogP contribution in [0.2, 0.25) is 0 Å². The van der Waals surface area contributed by atoms with E-state index in [1.54, 1.807) is 17.4 Å². The molecular formula is C19H27N3OS. The van der Waals surface area contributed by atoms with E-state index in [9.17, 15) is 4.79 Å². The maximum Gasteiger partial charge on any atom is 0.189 e. The molecule has 5 heteroatoms. The van der Waals surface area contributed by atoms with Crippen LogP contribution in [-0.2, 0) is 0 Å². The summed E-state index contributed by atoms with van der Waals surface area (Å²) in [6.45, 7) is 10.3. The predicted octanol–water partition coefficient (Wildman–Crippen LogP) is 3.48. The van der Waals surface area contributed by atoms with Crippen LogP contribution in [0.1, 0.15) is 53.9 Å². The van der Waals surface area contributed by atoms with Crippen LogP contribution in [0.25, 0.3) is 23.0 Å². The van der Waals surface area contributed by atoms with Gasteiger partial charge in [-0.25, -0.2) is 4.98 Å². The normalized spacial score (nSPS) is 13.0. The zero-order valence-corrected chi connectivity index (χ0v) is 16.0. The number of anilines is 1. The van der Waals surface area contributed by atoms with Crippen LogP contribution in [0.4, 0.5) is 5.13 Å². The predicted molar refractivity (Wildman–Crippen MR) is 105 cm³/mol. The second kappa shape index (κ2) is 8.29. The molecule has 2 aromatic heterocycles. The fourth-order valence-corrected chi connectivity index (χ4v) is 3.63. The molecule has 24 heavy (non-hydrogen) atoms. The lowest BCUT2D eigenvalue weighted by atomic mass is 10.0. The van der Waals surface area contributed by atoms with E-state index in [1.807, 2.05) is 25.3 Å². The summed E-state index contributed by atoms with van der Waals surface area (Å²) in [4.78, 5) is 20.4. The minimum Gasteiger partial charge on any atom is -0.359 e. The second-order valence-corrected chi connectivity index (χ2v) is 6.73. The number of pyridine rings is 1. The monoisotopic (exact) mass is 345 g/mol. The average molecular weight is 346 g/mol. The lowest BCUT2D eigenvalue weighted by molar-refractivity contribution is 0.896. The van der Waals surface area contributed by atoms with Crippen LogP contribution in [-0.4, -0.2) is 16.0 Å². The van der Waals surface area contributed by atoms with Crippen molar-refractivity contribution in [3.05, 3.63) is 32.2 Å². The molecular weight excluding hydrogens is 318 g/mol. The first-order valence-corrected chi connectivity index (χ1v) is 9.64. The van der Waals surface area contributed by atoms with Gasteiger partial charge in [-0.05, 0) is 38.7 Å². The number of aromatic nitrogens is 2. The second-order valence-electron chi connectivity index (χ2n) is 5.87. The molecule has 0 fully saturated rings. The Hall–Kier alpha value is -1.88. The summed E-state index contributed by atoms with van der Waals surface area (Å²) in [6, 6.07) is 2.01. The Morgan fingerprint density at radius 2 is 2.12 bits per heavy atom. The fourth-order valence-electron chi connectivity index (χ4n) is 2.77. The first-order chi connectivity index (χ1) is 11.6. The van der Waals surface area contributed by atoms with Gasteiger partial charge in [-0.2, -0.15) is 0 Å². The van der Waals surface area contributed by atoms with Gasteiger partial charge in [0.2, 0.25) is 0 Å². The topological polar surface area (TPSA) is 57.8 Å². The molecule has 0 radical (unpaired) electrons. The molecule has 0 unspecified atom stereocenters. The first-order valence-electron chi connectivity index (χ1n) is 8.76. The molecule has 0 saturated carbocycles. The summed E-state index contributed by atoms with van der Waals surface area (Å²) < 4.78 is 0. The SMILES string of the molecule is CC.CCC1=c2[nH]c(-c3csc(NC(C)C)n3)cc(=O)c2=CCC1. The van der Waals surface area contributed by atoms with E-state index in [4.69, 9.17) is 0 Å². The van der Waals surface area contributed by atoms with Gasteiger partial charge in [0.15, 0.2) is 10.6 Å². The van der Waals surface area contributed by atoms with Crippen LogP contribution in [0.5, 0.6) is 0 Å². The van der Waals surface area contributed by atoms with E-state index in [2.05, 4.69) is 36.1 Å². The number of hydrogen-bond acceptors (Lipinski definition) is 4. The van der Waals surface area contributed by atoms with E-state index in [0.717, 1.165) is 46.3 Å². The molecule has 0 spiro atoms. The summed E-state index contributed by atoms with van der Waals surface area (Å²) >= 11 is 1.56. The van der Waals surface area contributed by atoms with Gasteiger partial charge in [0.1, 0.15) is 0 Å². The zero-order chi connectivity index (χ0) is 17.7. The molecule has 0 aliphatic heterocycles. The molecule has 2 N–H and O–H groups in total. The lowest BCUT2D eigenvalue weighted by Gasteiger charge is -2.09. The summed E-state index contributed by atoms with van der Waals surface area (Å²) in [7, 11) is 0. The zero-order valence-electron chi connectivity index (χ0n) is 15.2. The number of rotatable bonds is 4. The van der Waals surface area contributed by atoms with E-state index >= 15 is 0 Å².